The average molecular weight is 447 g/mol. The van der Waals surface area contributed by atoms with Gasteiger partial charge in [0.2, 0.25) is 5.91 Å². The second kappa shape index (κ2) is 11.8. The van der Waals surface area contributed by atoms with E-state index in [1.54, 1.807) is 30.0 Å². The van der Waals surface area contributed by atoms with Gasteiger partial charge < -0.3 is 19.5 Å². The van der Waals surface area contributed by atoms with Crippen molar-refractivity contribution < 1.29 is 33.0 Å². The Morgan fingerprint density at radius 2 is 1.69 bits per heavy atom. The number of hydrogen-bond acceptors (Lipinski definition) is 4. The molecule has 0 bridgehead atoms. The average Bonchev–Trinajstić information content (AvgIpc) is 2.74. The van der Waals surface area contributed by atoms with E-state index in [0.717, 1.165) is 12.1 Å². The molecule has 0 spiro atoms. The van der Waals surface area contributed by atoms with E-state index in [-0.39, 0.29) is 42.6 Å². The Labute approximate surface area is 186 Å². The largest absolute Gasteiger partial charge is 0.489 e. The van der Waals surface area contributed by atoms with Gasteiger partial charge in [-0.05, 0) is 56.2 Å². The molecule has 0 radical (unpaired) electrons. The smallest absolute Gasteiger partial charge is 0.306 e. The molecule has 0 saturated heterocycles. The number of rotatable bonds is 11. The first-order valence-electron chi connectivity index (χ1n) is 10.3. The highest BCUT2D eigenvalue weighted by Crippen LogP contribution is 2.32. The van der Waals surface area contributed by atoms with Crippen molar-refractivity contribution in [1.29, 1.82) is 0 Å². The zero-order chi connectivity index (χ0) is 23.7. The number of ether oxygens (including phenoxy) is 2. The number of halogens is 2. The van der Waals surface area contributed by atoms with Crippen LogP contribution in [0.1, 0.15) is 38.3 Å². The van der Waals surface area contributed by atoms with Crippen LogP contribution in [0.5, 0.6) is 11.5 Å². The molecule has 0 aromatic heterocycles. The van der Waals surface area contributed by atoms with E-state index in [0.29, 0.717) is 24.2 Å². The first-order chi connectivity index (χ1) is 15.3. The van der Waals surface area contributed by atoms with Crippen molar-refractivity contribution in [3.63, 3.8) is 0 Å². The Kier molecular flexibility index (Phi) is 9.19. The molecule has 2 rings (SSSR count). The normalized spacial score (nSPS) is 11.2. The van der Waals surface area contributed by atoms with Crippen LogP contribution >= 0.6 is 0 Å². The molecule has 172 valence electrons. The van der Waals surface area contributed by atoms with Gasteiger partial charge >= 0.3 is 5.97 Å². The van der Waals surface area contributed by atoms with Gasteiger partial charge in [0.05, 0.1) is 18.6 Å². The van der Waals surface area contributed by atoms with Crippen LogP contribution < -0.4 is 9.47 Å². The molecule has 8 heteroatoms. The number of allylic oxidation sites excluding steroid dienone is 1. The molecule has 0 saturated carbocycles. The van der Waals surface area contributed by atoms with Crippen molar-refractivity contribution in [2.45, 2.75) is 33.8 Å². The Morgan fingerprint density at radius 1 is 1.03 bits per heavy atom. The number of likely N-dealkylation sites (N-methyl/N-ethyl adjacent to an activating group) is 1. The molecule has 0 heterocycles. The first kappa shape index (κ1) is 24.8. The van der Waals surface area contributed by atoms with E-state index in [1.165, 1.54) is 12.1 Å². The van der Waals surface area contributed by atoms with Crippen molar-refractivity contribution in [3.8, 4) is 11.5 Å². The Bertz CT molecular complexity index is 966. The van der Waals surface area contributed by atoms with Crippen LogP contribution in [0.25, 0.3) is 5.57 Å². The van der Waals surface area contributed by atoms with Crippen LogP contribution in [-0.2, 0) is 16.2 Å². The van der Waals surface area contributed by atoms with E-state index in [4.69, 9.17) is 14.6 Å². The fraction of sp³-hybridized carbons (Fsp3) is 0.333. The van der Waals surface area contributed by atoms with Crippen molar-refractivity contribution in [1.82, 2.24) is 4.90 Å². The molecule has 6 nitrogen and oxygen atoms in total. The monoisotopic (exact) mass is 447 g/mol. The highest BCUT2D eigenvalue weighted by atomic mass is 19.1. The van der Waals surface area contributed by atoms with Crippen molar-refractivity contribution in [2.75, 3.05) is 19.7 Å². The minimum atomic E-state index is -1.03. The van der Waals surface area contributed by atoms with E-state index in [1.807, 2.05) is 13.8 Å². The van der Waals surface area contributed by atoms with E-state index in [2.05, 4.69) is 0 Å². The van der Waals surface area contributed by atoms with Gasteiger partial charge in [0.1, 0.15) is 18.2 Å². The predicted molar refractivity (Wildman–Crippen MR) is 116 cm³/mol. The minimum Gasteiger partial charge on any atom is -0.489 e. The summed E-state index contributed by atoms with van der Waals surface area (Å²) in [6, 6.07) is 8.39. The number of hydrogen-bond donors (Lipinski definition) is 1. The Morgan fingerprint density at radius 3 is 2.28 bits per heavy atom. The summed E-state index contributed by atoms with van der Waals surface area (Å²) in [6.45, 7) is 6.23. The molecule has 2 aromatic rings. The fourth-order valence-electron chi connectivity index (χ4n) is 2.95. The summed E-state index contributed by atoms with van der Waals surface area (Å²) in [5.41, 5.74) is 1.12. The molecule has 0 aliphatic heterocycles. The third-order valence-corrected chi connectivity index (χ3v) is 4.82. The highest BCUT2D eigenvalue weighted by molar-refractivity contribution is 5.95. The summed E-state index contributed by atoms with van der Waals surface area (Å²) in [4.78, 5) is 24.9. The van der Waals surface area contributed by atoms with Gasteiger partial charge in [-0.25, -0.2) is 8.78 Å². The van der Waals surface area contributed by atoms with Gasteiger partial charge in [-0.15, -0.1) is 0 Å². The number of amides is 1. The second-order valence-corrected chi connectivity index (χ2v) is 6.98. The van der Waals surface area contributed by atoms with Gasteiger partial charge in [0, 0.05) is 19.2 Å². The maximum atomic E-state index is 13.9. The number of aliphatic carboxylic acids is 1. The number of carbonyl (C=O) groups excluding carboxylic acids is 1. The SMILES string of the molecule is CCN(CC)C(=O)/C=C(\C)c1ccc(OCc2c(F)cccc2F)c(OCCC(=O)O)c1. The van der Waals surface area contributed by atoms with Crippen LogP contribution in [-0.4, -0.2) is 41.6 Å². The van der Waals surface area contributed by atoms with E-state index < -0.39 is 17.6 Å². The van der Waals surface area contributed by atoms with Gasteiger partial charge in [-0.2, -0.15) is 0 Å². The number of carboxylic acids is 1. The quantitative estimate of drug-likeness (QED) is 0.507. The van der Waals surface area contributed by atoms with Crippen molar-refractivity contribution >= 4 is 17.4 Å². The molecule has 0 fully saturated rings. The number of nitrogens with zero attached hydrogens (tertiary/aromatic N) is 1. The summed E-state index contributed by atoms with van der Waals surface area (Å²) >= 11 is 0. The highest BCUT2D eigenvalue weighted by Gasteiger charge is 2.14. The molecule has 0 aliphatic rings. The molecular weight excluding hydrogens is 420 g/mol. The van der Waals surface area contributed by atoms with Gasteiger partial charge in [-0.1, -0.05) is 12.1 Å². The first-order valence-corrected chi connectivity index (χ1v) is 10.3. The lowest BCUT2D eigenvalue weighted by Crippen LogP contribution is -2.28. The standard InChI is InChI=1S/C24H27F2NO5/c1-4-27(5-2)23(28)13-16(3)17-9-10-21(22(14-17)31-12-11-24(29)30)32-15-18-19(25)7-6-8-20(18)26/h6-10,13-14H,4-5,11-12,15H2,1-3H3,(H,29,30)/b16-13+. The molecule has 1 N–H and O–H groups in total. The van der Waals surface area contributed by atoms with E-state index in [9.17, 15) is 18.4 Å². The molecule has 2 aromatic carbocycles. The van der Waals surface area contributed by atoms with Gasteiger partial charge in [0.15, 0.2) is 11.5 Å². The zero-order valence-electron chi connectivity index (χ0n) is 18.4. The maximum absolute atomic E-state index is 13.9. The van der Waals surface area contributed by atoms with Gasteiger partial charge in [0.25, 0.3) is 0 Å². The van der Waals surface area contributed by atoms with Crippen molar-refractivity contribution in [3.05, 3.63) is 65.2 Å². The molecule has 0 aliphatic carbocycles. The summed E-state index contributed by atoms with van der Waals surface area (Å²) in [7, 11) is 0. The summed E-state index contributed by atoms with van der Waals surface area (Å²) in [5.74, 6) is -2.21. The molecule has 32 heavy (non-hydrogen) atoms. The molecule has 0 unspecified atom stereocenters. The maximum Gasteiger partial charge on any atom is 0.306 e. The second-order valence-electron chi connectivity index (χ2n) is 6.98. The lowest BCUT2D eigenvalue weighted by atomic mass is 10.1. The fourth-order valence-corrected chi connectivity index (χ4v) is 2.95. The van der Waals surface area contributed by atoms with Crippen LogP contribution in [0.15, 0.2) is 42.5 Å². The Balaban J connectivity index is 2.29. The third-order valence-electron chi connectivity index (χ3n) is 4.82. The van der Waals surface area contributed by atoms with Crippen molar-refractivity contribution in [2.24, 2.45) is 0 Å². The van der Waals surface area contributed by atoms with Gasteiger partial charge in [-0.3, -0.25) is 9.59 Å². The minimum absolute atomic E-state index is 0.121. The lowest BCUT2D eigenvalue weighted by Gasteiger charge is -2.17. The topological polar surface area (TPSA) is 76.1 Å². The van der Waals surface area contributed by atoms with Crippen LogP contribution in [0, 0.1) is 11.6 Å². The van der Waals surface area contributed by atoms with Crippen LogP contribution in [0.3, 0.4) is 0 Å². The zero-order valence-corrected chi connectivity index (χ0v) is 18.4. The lowest BCUT2D eigenvalue weighted by molar-refractivity contribution is -0.137. The molecular formula is C24H27F2NO5. The Hall–Kier alpha value is -3.42. The van der Waals surface area contributed by atoms with Crippen LogP contribution in [0.2, 0.25) is 0 Å². The number of carboxylic acid groups (broad SMARTS) is 1. The van der Waals surface area contributed by atoms with E-state index >= 15 is 0 Å². The third kappa shape index (κ3) is 6.80. The van der Waals surface area contributed by atoms with Crippen LogP contribution in [0.4, 0.5) is 8.78 Å². The number of benzene rings is 2. The molecule has 1 amide bonds. The number of carbonyl (C=O) groups is 2. The summed E-state index contributed by atoms with van der Waals surface area (Å²) in [6.07, 6.45) is 1.28. The predicted octanol–water partition coefficient (Wildman–Crippen LogP) is 4.67. The molecule has 0 atom stereocenters. The summed E-state index contributed by atoms with van der Waals surface area (Å²) < 4.78 is 39.0. The summed E-state index contributed by atoms with van der Waals surface area (Å²) in [5, 5.41) is 8.87.